The normalized spacial score (nSPS) is 12.0. The summed E-state index contributed by atoms with van der Waals surface area (Å²) in [5.41, 5.74) is 0.947. The van der Waals surface area contributed by atoms with E-state index in [0.717, 1.165) is 33.7 Å². The molecule has 3 rings (SSSR count). The summed E-state index contributed by atoms with van der Waals surface area (Å²) in [6.07, 6.45) is 0. The molecule has 0 aliphatic rings. The molecule has 6 nitrogen and oxygen atoms in total. The zero-order valence-corrected chi connectivity index (χ0v) is 17.1. The Bertz CT molecular complexity index is 893. The van der Waals surface area contributed by atoms with Crippen molar-refractivity contribution in [3.8, 4) is 16.5 Å². The van der Waals surface area contributed by atoms with Gasteiger partial charge in [-0.1, -0.05) is 36.0 Å². The summed E-state index contributed by atoms with van der Waals surface area (Å²) < 4.78 is 7.37. The van der Waals surface area contributed by atoms with Crippen LogP contribution in [0, 0.1) is 0 Å². The van der Waals surface area contributed by atoms with Gasteiger partial charge in [-0.3, -0.25) is 4.79 Å². The van der Waals surface area contributed by atoms with Crippen LogP contribution in [0.4, 0.5) is 0 Å². The first-order chi connectivity index (χ1) is 13.1. The van der Waals surface area contributed by atoms with Crippen LogP contribution in [0.3, 0.4) is 0 Å². The molecule has 3 aromatic rings. The molecular weight excluding hydrogens is 380 g/mol. The van der Waals surface area contributed by atoms with Crippen LogP contribution in [-0.2, 0) is 17.9 Å². The number of nitrogens with zero attached hydrogens (tertiary/aromatic N) is 3. The molecule has 0 unspecified atom stereocenters. The summed E-state index contributed by atoms with van der Waals surface area (Å²) in [4.78, 5) is 13.6. The van der Waals surface area contributed by atoms with Gasteiger partial charge in [0, 0.05) is 18.7 Å². The molecule has 0 bridgehead atoms. The highest BCUT2D eigenvalue weighted by Gasteiger charge is 2.20. The van der Waals surface area contributed by atoms with E-state index in [1.54, 1.807) is 18.4 Å². The van der Waals surface area contributed by atoms with Gasteiger partial charge in [0.25, 0.3) is 0 Å². The first-order valence-corrected chi connectivity index (χ1v) is 10.4. The van der Waals surface area contributed by atoms with Crippen molar-refractivity contribution >= 4 is 29.0 Å². The number of nitrogens with one attached hydrogen (secondary N) is 1. The average molecular weight is 403 g/mol. The molecule has 0 radical (unpaired) electrons. The molecule has 2 heterocycles. The number of rotatable bonds is 8. The second-order valence-electron chi connectivity index (χ2n) is 5.82. The number of carbonyl (C=O) groups is 1. The molecule has 142 valence electrons. The van der Waals surface area contributed by atoms with Gasteiger partial charge in [0.15, 0.2) is 11.0 Å². The molecule has 0 fully saturated rings. The van der Waals surface area contributed by atoms with Crippen LogP contribution in [-0.4, -0.2) is 33.0 Å². The lowest BCUT2D eigenvalue weighted by molar-refractivity contribution is -0.120. The SMILES string of the molecule is CCn1c(S[C@H](C)C(=O)NCc2ccccc2OC)nnc1-c1cccs1. The quantitative estimate of drug-likeness (QED) is 0.580. The van der Waals surface area contributed by atoms with Crippen molar-refractivity contribution in [1.29, 1.82) is 0 Å². The molecule has 1 atom stereocenters. The number of thiophene rings is 1. The van der Waals surface area contributed by atoms with Crippen molar-refractivity contribution in [3.05, 3.63) is 47.3 Å². The van der Waals surface area contributed by atoms with E-state index in [2.05, 4.69) is 22.4 Å². The van der Waals surface area contributed by atoms with Gasteiger partial charge in [0.1, 0.15) is 5.75 Å². The summed E-state index contributed by atoms with van der Waals surface area (Å²) in [7, 11) is 1.63. The standard InChI is InChI=1S/C19H22N4O2S2/c1-4-23-17(16-10-7-11-26-16)21-22-19(23)27-13(2)18(24)20-12-14-8-5-6-9-15(14)25-3/h5-11,13H,4,12H2,1-3H3,(H,20,24)/t13-/m1/s1. The zero-order valence-electron chi connectivity index (χ0n) is 15.5. The first-order valence-electron chi connectivity index (χ1n) is 8.67. The third kappa shape index (κ3) is 4.51. The third-order valence-corrected chi connectivity index (χ3v) is 6.02. The fourth-order valence-corrected chi connectivity index (χ4v) is 4.29. The van der Waals surface area contributed by atoms with E-state index >= 15 is 0 Å². The summed E-state index contributed by atoms with van der Waals surface area (Å²) in [6.45, 7) is 5.10. The minimum atomic E-state index is -0.287. The van der Waals surface area contributed by atoms with Crippen molar-refractivity contribution in [2.45, 2.75) is 37.3 Å². The van der Waals surface area contributed by atoms with Crippen LogP contribution in [0.25, 0.3) is 10.7 Å². The molecule has 0 saturated heterocycles. The highest BCUT2D eigenvalue weighted by atomic mass is 32.2. The Kier molecular flexibility index (Phi) is 6.52. The predicted molar refractivity (Wildman–Crippen MR) is 109 cm³/mol. The monoisotopic (exact) mass is 402 g/mol. The Morgan fingerprint density at radius 3 is 2.81 bits per heavy atom. The summed E-state index contributed by atoms with van der Waals surface area (Å²) in [6, 6.07) is 11.7. The summed E-state index contributed by atoms with van der Waals surface area (Å²) >= 11 is 3.05. The second-order valence-corrected chi connectivity index (χ2v) is 8.07. The Labute approximate surface area is 167 Å². The number of carbonyl (C=O) groups excluding carboxylic acids is 1. The molecule has 0 spiro atoms. The lowest BCUT2D eigenvalue weighted by atomic mass is 10.2. The van der Waals surface area contributed by atoms with Gasteiger partial charge < -0.3 is 14.6 Å². The Morgan fingerprint density at radius 2 is 2.11 bits per heavy atom. The number of aromatic nitrogens is 3. The smallest absolute Gasteiger partial charge is 0.233 e. The fraction of sp³-hybridized carbons (Fsp3) is 0.316. The molecule has 27 heavy (non-hydrogen) atoms. The van der Waals surface area contributed by atoms with E-state index in [1.165, 1.54) is 11.8 Å². The van der Waals surface area contributed by atoms with E-state index in [-0.39, 0.29) is 11.2 Å². The minimum Gasteiger partial charge on any atom is -0.496 e. The van der Waals surface area contributed by atoms with E-state index in [9.17, 15) is 4.79 Å². The maximum absolute atomic E-state index is 12.5. The molecular formula is C19H22N4O2S2. The maximum Gasteiger partial charge on any atom is 0.233 e. The number of para-hydroxylation sites is 1. The van der Waals surface area contributed by atoms with Crippen LogP contribution in [0.1, 0.15) is 19.4 Å². The maximum atomic E-state index is 12.5. The first kappa shape index (κ1) is 19.4. The Morgan fingerprint density at radius 1 is 1.30 bits per heavy atom. The zero-order chi connectivity index (χ0) is 19.2. The largest absolute Gasteiger partial charge is 0.496 e. The topological polar surface area (TPSA) is 69.0 Å². The number of methoxy groups -OCH3 is 1. The molecule has 0 saturated carbocycles. The van der Waals surface area contributed by atoms with Gasteiger partial charge in [-0.25, -0.2) is 0 Å². The van der Waals surface area contributed by atoms with Crippen molar-refractivity contribution < 1.29 is 9.53 Å². The number of benzene rings is 1. The van der Waals surface area contributed by atoms with Crippen LogP contribution in [0.15, 0.2) is 46.9 Å². The minimum absolute atomic E-state index is 0.0470. The molecule has 8 heteroatoms. The van der Waals surface area contributed by atoms with Crippen molar-refractivity contribution in [1.82, 2.24) is 20.1 Å². The summed E-state index contributed by atoms with van der Waals surface area (Å²) in [5.74, 6) is 1.57. The van der Waals surface area contributed by atoms with Gasteiger partial charge in [-0.15, -0.1) is 21.5 Å². The van der Waals surface area contributed by atoms with Crippen LogP contribution in [0.2, 0.25) is 0 Å². The predicted octanol–water partition coefficient (Wildman–Crippen LogP) is 3.83. The van der Waals surface area contributed by atoms with E-state index in [0.29, 0.717) is 6.54 Å². The number of hydrogen-bond donors (Lipinski definition) is 1. The summed E-state index contributed by atoms with van der Waals surface area (Å²) in [5, 5.41) is 14.1. The molecule has 1 amide bonds. The molecule has 0 aliphatic carbocycles. The van der Waals surface area contributed by atoms with E-state index in [1.807, 2.05) is 53.3 Å². The number of hydrogen-bond acceptors (Lipinski definition) is 6. The number of amides is 1. The lowest BCUT2D eigenvalue weighted by Crippen LogP contribution is -2.30. The van der Waals surface area contributed by atoms with Crippen molar-refractivity contribution in [3.63, 3.8) is 0 Å². The van der Waals surface area contributed by atoms with Crippen LogP contribution in [0.5, 0.6) is 5.75 Å². The fourth-order valence-electron chi connectivity index (χ4n) is 2.64. The highest BCUT2D eigenvalue weighted by molar-refractivity contribution is 8.00. The molecule has 0 aliphatic heterocycles. The highest BCUT2D eigenvalue weighted by Crippen LogP contribution is 2.29. The Hall–Kier alpha value is -2.32. The van der Waals surface area contributed by atoms with Crippen LogP contribution >= 0.6 is 23.1 Å². The van der Waals surface area contributed by atoms with Gasteiger partial charge in [0.05, 0.1) is 17.2 Å². The third-order valence-electron chi connectivity index (χ3n) is 4.07. The van der Waals surface area contributed by atoms with E-state index < -0.39 is 0 Å². The van der Waals surface area contributed by atoms with Gasteiger partial charge in [-0.05, 0) is 31.4 Å². The Balaban J connectivity index is 1.65. The van der Waals surface area contributed by atoms with Gasteiger partial charge in [-0.2, -0.15) is 0 Å². The molecule has 2 aromatic heterocycles. The lowest BCUT2D eigenvalue weighted by Gasteiger charge is -2.14. The van der Waals surface area contributed by atoms with Gasteiger partial charge >= 0.3 is 0 Å². The number of ether oxygens (including phenoxy) is 1. The van der Waals surface area contributed by atoms with Crippen LogP contribution < -0.4 is 10.1 Å². The average Bonchev–Trinajstić information content (AvgIpc) is 3.35. The van der Waals surface area contributed by atoms with Crippen molar-refractivity contribution in [2.75, 3.05) is 7.11 Å². The number of thioether (sulfide) groups is 1. The van der Waals surface area contributed by atoms with Crippen molar-refractivity contribution in [2.24, 2.45) is 0 Å². The second kappa shape index (κ2) is 9.05. The molecule has 1 aromatic carbocycles. The van der Waals surface area contributed by atoms with Gasteiger partial charge in [0.2, 0.25) is 5.91 Å². The van der Waals surface area contributed by atoms with E-state index in [4.69, 9.17) is 4.74 Å². The molecule has 1 N–H and O–H groups in total.